The van der Waals surface area contributed by atoms with E-state index < -0.39 is 0 Å². The first-order valence-corrected chi connectivity index (χ1v) is 6.11. The first-order chi connectivity index (χ1) is 6.66. The summed E-state index contributed by atoms with van der Waals surface area (Å²) >= 11 is 1.93. The van der Waals surface area contributed by atoms with Gasteiger partial charge in [-0.05, 0) is 24.5 Å². The molecule has 1 N–H and O–H groups in total. The highest BCUT2D eigenvalue weighted by molar-refractivity contribution is 7.99. The Morgan fingerprint density at radius 3 is 3.00 bits per heavy atom. The molecule has 1 aromatic rings. The van der Waals surface area contributed by atoms with Gasteiger partial charge in [-0.15, -0.1) is 0 Å². The minimum absolute atomic E-state index is 0.269. The molecule has 0 spiro atoms. The number of thioether (sulfide) groups is 1. The number of aliphatic hydroxyl groups excluding tert-OH is 1. The monoisotopic (exact) mass is 208 g/mol. The van der Waals surface area contributed by atoms with Crippen LogP contribution in [0.4, 0.5) is 0 Å². The third kappa shape index (κ3) is 1.96. The molecule has 1 nitrogen and oxygen atoms in total. The lowest BCUT2D eigenvalue weighted by Crippen LogP contribution is -2.03. The Bertz CT molecular complexity index is 335. The molecule has 2 atom stereocenters. The van der Waals surface area contributed by atoms with E-state index in [1.54, 1.807) is 0 Å². The second-order valence-corrected chi connectivity index (χ2v) is 5.50. The highest BCUT2D eigenvalue weighted by atomic mass is 32.2. The molecule has 2 heteroatoms. The van der Waals surface area contributed by atoms with Gasteiger partial charge < -0.3 is 5.11 Å². The van der Waals surface area contributed by atoms with Gasteiger partial charge in [-0.1, -0.05) is 30.7 Å². The van der Waals surface area contributed by atoms with E-state index in [1.807, 2.05) is 11.8 Å². The van der Waals surface area contributed by atoms with Gasteiger partial charge in [-0.3, -0.25) is 0 Å². The Kier molecular flexibility index (Phi) is 2.84. The molecule has 1 unspecified atom stereocenters. The number of hydrogen-bond acceptors (Lipinski definition) is 2. The van der Waals surface area contributed by atoms with Crippen molar-refractivity contribution in [2.45, 2.75) is 37.4 Å². The van der Waals surface area contributed by atoms with Crippen molar-refractivity contribution in [3.8, 4) is 0 Å². The molecular formula is C12H16OS. The Balaban J connectivity index is 2.39. The van der Waals surface area contributed by atoms with E-state index in [1.165, 1.54) is 11.1 Å². The fourth-order valence-electron chi connectivity index (χ4n) is 1.90. The average molecular weight is 208 g/mol. The molecule has 0 aliphatic carbocycles. The van der Waals surface area contributed by atoms with Crippen molar-refractivity contribution in [2.24, 2.45) is 0 Å². The van der Waals surface area contributed by atoms with E-state index in [0.717, 1.165) is 17.7 Å². The van der Waals surface area contributed by atoms with Crippen molar-refractivity contribution in [2.75, 3.05) is 0 Å². The molecule has 1 heterocycles. The summed E-state index contributed by atoms with van der Waals surface area (Å²) in [5, 5.41) is 10.6. The second-order valence-electron chi connectivity index (χ2n) is 4.08. The van der Waals surface area contributed by atoms with E-state index in [9.17, 15) is 5.11 Å². The fourth-order valence-corrected chi connectivity index (χ4v) is 2.94. The van der Waals surface area contributed by atoms with Crippen LogP contribution in [0.3, 0.4) is 0 Å². The molecule has 1 aliphatic heterocycles. The van der Waals surface area contributed by atoms with E-state index in [-0.39, 0.29) is 6.10 Å². The second kappa shape index (κ2) is 3.95. The summed E-state index contributed by atoms with van der Waals surface area (Å²) < 4.78 is 0. The summed E-state index contributed by atoms with van der Waals surface area (Å²) in [4.78, 5) is 0. The van der Waals surface area contributed by atoms with Crippen LogP contribution in [0.2, 0.25) is 0 Å². The van der Waals surface area contributed by atoms with Crippen LogP contribution in [-0.4, -0.2) is 10.4 Å². The van der Waals surface area contributed by atoms with Crippen molar-refractivity contribution < 1.29 is 5.11 Å². The maximum atomic E-state index is 10.0. The van der Waals surface area contributed by atoms with Gasteiger partial charge in [-0.2, -0.15) is 11.8 Å². The molecule has 0 amide bonds. The van der Waals surface area contributed by atoms with Gasteiger partial charge in [0.1, 0.15) is 0 Å². The van der Waals surface area contributed by atoms with Crippen LogP contribution in [-0.2, 0) is 5.75 Å². The summed E-state index contributed by atoms with van der Waals surface area (Å²) in [6, 6.07) is 6.40. The zero-order valence-corrected chi connectivity index (χ0v) is 9.47. The Morgan fingerprint density at radius 1 is 1.43 bits per heavy atom. The molecule has 2 rings (SSSR count). The summed E-state index contributed by atoms with van der Waals surface area (Å²) in [5.74, 6) is 1.04. The van der Waals surface area contributed by atoms with Crippen molar-refractivity contribution in [1.82, 2.24) is 0 Å². The third-order valence-corrected chi connectivity index (χ3v) is 3.98. The predicted octanol–water partition coefficient (Wildman–Crippen LogP) is 3.05. The molecule has 76 valence electrons. The minimum Gasteiger partial charge on any atom is -0.388 e. The van der Waals surface area contributed by atoms with Gasteiger partial charge in [0.25, 0.3) is 0 Å². The summed E-state index contributed by atoms with van der Waals surface area (Å²) in [6.07, 6.45) is 0.607. The summed E-state index contributed by atoms with van der Waals surface area (Å²) in [5.41, 5.74) is 3.68. The molecule has 0 radical (unpaired) electrons. The van der Waals surface area contributed by atoms with Gasteiger partial charge in [0.05, 0.1) is 6.10 Å². The topological polar surface area (TPSA) is 20.2 Å². The molecule has 1 aromatic carbocycles. The smallest absolute Gasteiger partial charge is 0.0803 e. The third-order valence-electron chi connectivity index (χ3n) is 2.74. The quantitative estimate of drug-likeness (QED) is 0.707. The number of fused-ring (bicyclic) bond motifs is 1. The Hall–Kier alpha value is -0.470. The van der Waals surface area contributed by atoms with Gasteiger partial charge in [0.2, 0.25) is 0 Å². The number of benzene rings is 1. The first kappa shape index (κ1) is 10.1. The average Bonchev–Trinajstić information content (AvgIpc) is 2.27. The molecular weight excluding hydrogens is 192 g/mol. The van der Waals surface area contributed by atoms with Gasteiger partial charge in [0, 0.05) is 11.0 Å². The lowest BCUT2D eigenvalue weighted by molar-refractivity contribution is 0.168. The van der Waals surface area contributed by atoms with Crippen LogP contribution >= 0.6 is 11.8 Å². The van der Waals surface area contributed by atoms with Gasteiger partial charge >= 0.3 is 0 Å². The molecule has 0 saturated heterocycles. The first-order valence-electron chi connectivity index (χ1n) is 5.06. The van der Waals surface area contributed by atoms with Crippen LogP contribution < -0.4 is 0 Å². The predicted molar refractivity (Wildman–Crippen MR) is 61.5 cm³/mol. The highest BCUT2D eigenvalue weighted by Crippen LogP contribution is 2.34. The maximum Gasteiger partial charge on any atom is 0.0803 e. The fraction of sp³-hybridized carbons (Fsp3) is 0.500. The molecule has 0 saturated carbocycles. The zero-order chi connectivity index (χ0) is 10.1. The van der Waals surface area contributed by atoms with E-state index >= 15 is 0 Å². The number of rotatable bonds is 0. The van der Waals surface area contributed by atoms with Crippen LogP contribution in [0.5, 0.6) is 0 Å². The summed E-state index contributed by atoms with van der Waals surface area (Å²) in [6.45, 7) is 4.26. The normalized spacial score (nSPS) is 26.8. The number of hydrogen-bond donors (Lipinski definition) is 1. The molecule has 0 aromatic heterocycles. The van der Waals surface area contributed by atoms with Gasteiger partial charge in [-0.25, -0.2) is 0 Å². The Morgan fingerprint density at radius 2 is 2.21 bits per heavy atom. The molecule has 0 fully saturated rings. The van der Waals surface area contributed by atoms with E-state index in [0.29, 0.717) is 5.25 Å². The number of aryl methyl sites for hydroxylation is 1. The molecule has 14 heavy (non-hydrogen) atoms. The lowest BCUT2D eigenvalue weighted by atomic mass is 9.98. The van der Waals surface area contributed by atoms with Crippen molar-refractivity contribution in [3.63, 3.8) is 0 Å². The van der Waals surface area contributed by atoms with E-state index in [4.69, 9.17) is 0 Å². The molecule has 1 aliphatic rings. The van der Waals surface area contributed by atoms with Crippen LogP contribution in [0.1, 0.15) is 36.1 Å². The SMILES string of the molecule is Cc1ccc2c(c1)[C@H](O)CC(C)SC2. The van der Waals surface area contributed by atoms with Crippen molar-refractivity contribution in [3.05, 3.63) is 34.9 Å². The van der Waals surface area contributed by atoms with Crippen molar-refractivity contribution >= 4 is 11.8 Å². The van der Waals surface area contributed by atoms with Crippen LogP contribution in [0.15, 0.2) is 18.2 Å². The number of aliphatic hydroxyl groups is 1. The van der Waals surface area contributed by atoms with Gasteiger partial charge in [0.15, 0.2) is 0 Å². The standard InChI is InChI=1S/C12H16OS/c1-8-3-4-10-7-14-9(2)6-12(13)11(10)5-8/h3-5,9,12-13H,6-7H2,1-2H3/t9?,12-/m1/s1. The maximum absolute atomic E-state index is 10.0. The van der Waals surface area contributed by atoms with E-state index in [2.05, 4.69) is 32.0 Å². The highest BCUT2D eigenvalue weighted by Gasteiger charge is 2.20. The zero-order valence-electron chi connectivity index (χ0n) is 8.66. The molecule has 0 bridgehead atoms. The minimum atomic E-state index is -0.269. The largest absolute Gasteiger partial charge is 0.388 e. The van der Waals surface area contributed by atoms with Crippen LogP contribution in [0.25, 0.3) is 0 Å². The lowest BCUT2D eigenvalue weighted by Gasteiger charge is -2.13. The summed E-state index contributed by atoms with van der Waals surface area (Å²) in [7, 11) is 0. The van der Waals surface area contributed by atoms with Crippen LogP contribution in [0, 0.1) is 6.92 Å². The van der Waals surface area contributed by atoms with Crippen molar-refractivity contribution in [1.29, 1.82) is 0 Å². The Labute approximate surface area is 89.5 Å².